The fourth-order valence-electron chi connectivity index (χ4n) is 3.59. The van der Waals surface area contributed by atoms with Crippen molar-refractivity contribution in [2.24, 2.45) is 11.8 Å². The zero-order chi connectivity index (χ0) is 19.3. The lowest BCUT2D eigenvalue weighted by Crippen LogP contribution is -2.42. The summed E-state index contributed by atoms with van der Waals surface area (Å²) in [5.74, 6) is 1.12. The number of nitrogens with zero attached hydrogens (tertiary/aromatic N) is 1. The largest absolute Gasteiger partial charge is 0.351 e. The van der Waals surface area contributed by atoms with Crippen LogP contribution in [0.2, 0.25) is 0 Å². The Morgan fingerprint density at radius 1 is 1.23 bits per heavy atom. The third-order valence-corrected chi connectivity index (χ3v) is 6.11. The van der Waals surface area contributed by atoms with Crippen molar-refractivity contribution in [3.63, 3.8) is 0 Å². The molecule has 0 spiro atoms. The van der Waals surface area contributed by atoms with Crippen LogP contribution >= 0.6 is 0 Å². The van der Waals surface area contributed by atoms with Gasteiger partial charge in [-0.2, -0.15) is 0 Å². The van der Waals surface area contributed by atoms with Gasteiger partial charge in [-0.15, -0.1) is 0 Å². The van der Waals surface area contributed by atoms with Crippen molar-refractivity contribution in [1.82, 2.24) is 14.9 Å². The van der Waals surface area contributed by atoms with Gasteiger partial charge in [0.25, 0.3) is 5.91 Å². The molecule has 2 N–H and O–H groups in total. The minimum Gasteiger partial charge on any atom is -0.351 e. The molecule has 0 aromatic heterocycles. The molecule has 1 aliphatic heterocycles. The molecule has 1 aromatic carbocycles. The number of hydrogen-bond acceptors (Lipinski definition) is 4. The number of sulfonamides is 1. The average Bonchev–Trinajstić information content (AvgIpc) is 2.53. The first-order valence-corrected chi connectivity index (χ1v) is 10.8. The van der Waals surface area contributed by atoms with Gasteiger partial charge in [0.15, 0.2) is 0 Å². The van der Waals surface area contributed by atoms with E-state index < -0.39 is 10.0 Å². The van der Waals surface area contributed by atoms with Crippen LogP contribution in [0.5, 0.6) is 0 Å². The molecule has 0 radical (unpaired) electrons. The van der Waals surface area contributed by atoms with Crippen molar-refractivity contribution in [3.8, 4) is 0 Å². The molecule has 0 bridgehead atoms. The lowest BCUT2D eigenvalue weighted by molar-refractivity contribution is 0.0936. The molecule has 2 unspecified atom stereocenters. The monoisotopic (exact) mass is 381 g/mol. The van der Waals surface area contributed by atoms with Gasteiger partial charge in [0.1, 0.15) is 0 Å². The van der Waals surface area contributed by atoms with Crippen molar-refractivity contribution in [1.29, 1.82) is 0 Å². The highest BCUT2D eigenvalue weighted by atomic mass is 32.2. The zero-order valence-electron chi connectivity index (χ0n) is 16.2. The summed E-state index contributed by atoms with van der Waals surface area (Å²) in [5.41, 5.74) is 0.358. The molecule has 1 aromatic rings. The minimum atomic E-state index is -3.60. The maximum atomic E-state index is 12.4. The van der Waals surface area contributed by atoms with E-state index in [1.54, 1.807) is 26.0 Å². The highest BCUT2D eigenvalue weighted by molar-refractivity contribution is 7.89. The Bertz CT molecular complexity index is 708. The van der Waals surface area contributed by atoms with E-state index in [1.807, 2.05) is 0 Å². The lowest BCUT2D eigenvalue weighted by atomic mass is 9.92. The number of nitrogens with one attached hydrogen (secondary N) is 2. The van der Waals surface area contributed by atoms with Gasteiger partial charge in [-0.1, -0.05) is 19.9 Å². The first-order valence-electron chi connectivity index (χ1n) is 9.30. The van der Waals surface area contributed by atoms with E-state index in [0.29, 0.717) is 23.9 Å². The van der Waals surface area contributed by atoms with Crippen LogP contribution in [0, 0.1) is 11.8 Å². The quantitative estimate of drug-likeness (QED) is 0.758. The van der Waals surface area contributed by atoms with Crippen LogP contribution in [0.15, 0.2) is 29.2 Å². The van der Waals surface area contributed by atoms with E-state index >= 15 is 0 Å². The van der Waals surface area contributed by atoms with E-state index in [4.69, 9.17) is 0 Å². The molecule has 1 aliphatic rings. The van der Waals surface area contributed by atoms with Crippen LogP contribution in [0.1, 0.15) is 44.5 Å². The number of hydrogen-bond donors (Lipinski definition) is 2. The van der Waals surface area contributed by atoms with Crippen LogP contribution in [0.4, 0.5) is 0 Å². The molecule has 26 heavy (non-hydrogen) atoms. The molecule has 146 valence electrons. The molecular formula is C19H31N3O3S. The summed E-state index contributed by atoms with van der Waals surface area (Å²) in [6, 6.07) is 5.95. The van der Waals surface area contributed by atoms with Gasteiger partial charge in [0.2, 0.25) is 10.0 Å². The fourth-order valence-corrected chi connectivity index (χ4v) is 4.88. The van der Waals surface area contributed by atoms with Crippen molar-refractivity contribution < 1.29 is 13.2 Å². The fraction of sp³-hybridized carbons (Fsp3) is 0.632. The van der Waals surface area contributed by atoms with Crippen LogP contribution in [0.25, 0.3) is 0 Å². The second-order valence-electron chi connectivity index (χ2n) is 7.77. The maximum absolute atomic E-state index is 12.4. The average molecular weight is 382 g/mol. The van der Waals surface area contributed by atoms with Gasteiger partial charge in [0.05, 0.1) is 4.90 Å². The standard InChI is InChI=1S/C19H31N3O3S/c1-14(2)21-26(24,25)18-7-5-6-17(11-18)19(23)20-8-9-22-12-15(3)10-16(4)13-22/h5-7,11,14-16,21H,8-10,12-13H2,1-4H3,(H,20,23). The molecule has 1 saturated heterocycles. The van der Waals surface area contributed by atoms with Crippen LogP contribution < -0.4 is 10.0 Å². The van der Waals surface area contributed by atoms with Crippen LogP contribution in [0.3, 0.4) is 0 Å². The third-order valence-electron chi connectivity index (χ3n) is 4.46. The van der Waals surface area contributed by atoms with Gasteiger partial charge in [-0.05, 0) is 50.3 Å². The second-order valence-corrected chi connectivity index (χ2v) is 9.48. The summed E-state index contributed by atoms with van der Waals surface area (Å²) >= 11 is 0. The normalized spacial score (nSPS) is 21.7. The Balaban J connectivity index is 1.92. The van der Waals surface area contributed by atoms with Gasteiger partial charge < -0.3 is 10.2 Å². The van der Waals surface area contributed by atoms with Crippen molar-refractivity contribution in [2.45, 2.75) is 45.1 Å². The Kier molecular flexibility index (Phi) is 7.20. The Hall–Kier alpha value is -1.44. The molecule has 0 aliphatic carbocycles. The number of rotatable bonds is 7. The molecular weight excluding hydrogens is 350 g/mol. The summed E-state index contributed by atoms with van der Waals surface area (Å²) < 4.78 is 27.0. The first-order chi connectivity index (χ1) is 12.2. The Labute approximate surface area is 157 Å². The van der Waals surface area contributed by atoms with Crippen molar-refractivity contribution in [3.05, 3.63) is 29.8 Å². The highest BCUT2D eigenvalue weighted by Crippen LogP contribution is 2.20. The van der Waals surface area contributed by atoms with Crippen LogP contribution in [-0.2, 0) is 10.0 Å². The summed E-state index contributed by atoms with van der Waals surface area (Å²) in [7, 11) is -3.60. The van der Waals surface area contributed by atoms with Gasteiger partial charge >= 0.3 is 0 Å². The van der Waals surface area contributed by atoms with Gasteiger partial charge in [0, 0.05) is 37.8 Å². The molecule has 7 heteroatoms. The second kappa shape index (κ2) is 8.97. The third kappa shape index (κ3) is 6.07. The number of benzene rings is 1. The molecule has 0 saturated carbocycles. The van der Waals surface area contributed by atoms with E-state index in [9.17, 15) is 13.2 Å². The molecule has 1 heterocycles. The molecule has 1 fully saturated rings. The zero-order valence-corrected chi connectivity index (χ0v) is 17.0. The topological polar surface area (TPSA) is 78.5 Å². The Morgan fingerprint density at radius 3 is 2.50 bits per heavy atom. The predicted octanol–water partition coefficient (Wildman–Crippen LogP) is 2.08. The molecule has 6 nitrogen and oxygen atoms in total. The summed E-state index contributed by atoms with van der Waals surface area (Å²) in [4.78, 5) is 14.9. The number of likely N-dealkylation sites (tertiary alicyclic amines) is 1. The minimum absolute atomic E-state index is 0.109. The van der Waals surface area contributed by atoms with E-state index in [0.717, 1.165) is 19.6 Å². The summed E-state index contributed by atoms with van der Waals surface area (Å²) in [6.07, 6.45) is 1.26. The van der Waals surface area contributed by atoms with E-state index in [1.165, 1.54) is 18.6 Å². The SMILES string of the molecule is CC1CC(C)CN(CCNC(=O)c2cccc(S(=O)(=O)NC(C)C)c2)C1. The summed E-state index contributed by atoms with van der Waals surface area (Å²) in [6.45, 7) is 11.5. The molecule has 1 amide bonds. The number of amides is 1. The Morgan fingerprint density at radius 2 is 1.88 bits per heavy atom. The van der Waals surface area contributed by atoms with E-state index in [-0.39, 0.29) is 16.8 Å². The van der Waals surface area contributed by atoms with Crippen molar-refractivity contribution in [2.75, 3.05) is 26.2 Å². The predicted molar refractivity (Wildman–Crippen MR) is 104 cm³/mol. The molecule has 2 rings (SSSR count). The number of piperidine rings is 1. The van der Waals surface area contributed by atoms with Crippen molar-refractivity contribution >= 4 is 15.9 Å². The lowest BCUT2D eigenvalue weighted by Gasteiger charge is -2.34. The number of carbonyl (C=O) groups is 1. The number of carbonyl (C=O) groups excluding carboxylic acids is 1. The molecule has 2 atom stereocenters. The summed E-state index contributed by atoms with van der Waals surface area (Å²) in [5, 5.41) is 2.90. The van der Waals surface area contributed by atoms with Gasteiger partial charge in [-0.3, -0.25) is 4.79 Å². The smallest absolute Gasteiger partial charge is 0.251 e. The van der Waals surface area contributed by atoms with Gasteiger partial charge in [-0.25, -0.2) is 13.1 Å². The van der Waals surface area contributed by atoms with Crippen LogP contribution in [-0.4, -0.2) is 51.4 Å². The first kappa shape index (κ1) is 20.9. The maximum Gasteiger partial charge on any atom is 0.251 e. The highest BCUT2D eigenvalue weighted by Gasteiger charge is 2.21. The van der Waals surface area contributed by atoms with E-state index in [2.05, 4.69) is 28.8 Å².